The Kier molecular flexibility index (Phi) is 4.63. The molecule has 1 heterocycles. The normalized spacial score (nSPS) is 10.3. The number of pyridine rings is 1. The Morgan fingerprint density at radius 3 is 2.63 bits per heavy atom. The lowest BCUT2D eigenvalue weighted by Crippen LogP contribution is -1.98. The van der Waals surface area contributed by atoms with E-state index in [1.54, 1.807) is 12.3 Å². The van der Waals surface area contributed by atoms with Gasteiger partial charge in [0.25, 0.3) is 0 Å². The number of ether oxygens (including phenoxy) is 2. The lowest BCUT2D eigenvalue weighted by Gasteiger charge is -2.13. The maximum atomic E-state index is 5.88. The monoisotopic (exact) mass is 277 g/mol. The first-order chi connectivity index (χ1) is 9.20. The van der Waals surface area contributed by atoms with Gasteiger partial charge in [-0.3, -0.25) is 0 Å². The second kappa shape index (κ2) is 6.43. The van der Waals surface area contributed by atoms with Gasteiger partial charge >= 0.3 is 0 Å². The average Bonchev–Trinajstić information content (AvgIpc) is 2.42. The molecule has 0 atom stereocenters. The number of para-hydroxylation sites is 2. The van der Waals surface area contributed by atoms with Crippen molar-refractivity contribution in [2.24, 2.45) is 0 Å². The van der Waals surface area contributed by atoms with Crippen molar-refractivity contribution < 1.29 is 9.47 Å². The quantitative estimate of drug-likeness (QED) is 0.747. The Hall–Kier alpha value is -1.74. The van der Waals surface area contributed by atoms with Crippen LogP contribution in [-0.2, 0) is 0 Å². The fourth-order valence-corrected chi connectivity index (χ4v) is 1.72. The summed E-state index contributed by atoms with van der Waals surface area (Å²) in [4.78, 5) is 4.01. The Labute approximate surface area is 118 Å². The molecule has 2 aromatic rings. The topological polar surface area (TPSA) is 31.4 Å². The fourth-order valence-electron chi connectivity index (χ4n) is 1.58. The van der Waals surface area contributed by atoms with Gasteiger partial charge in [0.15, 0.2) is 11.5 Å². The number of hydrogen-bond donors (Lipinski definition) is 0. The molecule has 0 unspecified atom stereocenters. The van der Waals surface area contributed by atoms with Gasteiger partial charge in [0.1, 0.15) is 10.9 Å². The molecule has 0 saturated heterocycles. The highest BCUT2D eigenvalue weighted by atomic mass is 35.5. The van der Waals surface area contributed by atoms with Crippen molar-refractivity contribution in [3.63, 3.8) is 0 Å². The van der Waals surface area contributed by atoms with E-state index in [9.17, 15) is 0 Å². The summed E-state index contributed by atoms with van der Waals surface area (Å²) in [5, 5.41) is 0.410. The third kappa shape index (κ3) is 3.61. The van der Waals surface area contributed by atoms with Crippen LogP contribution in [-0.4, -0.2) is 11.6 Å². The van der Waals surface area contributed by atoms with Crippen LogP contribution in [0.5, 0.6) is 17.2 Å². The molecule has 0 aliphatic heterocycles. The number of nitrogens with zero attached hydrogens (tertiary/aromatic N) is 1. The maximum absolute atomic E-state index is 5.88. The summed E-state index contributed by atoms with van der Waals surface area (Å²) in [5.74, 6) is 2.10. The number of benzene rings is 1. The van der Waals surface area contributed by atoms with Crippen LogP contribution in [0.25, 0.3) is 0 Å². The van der Waals surface area contributed by atoms with E-state index in [0.717, 1.165) is 17.7 Å². The van der Waals surface area contributed by atoms with Crippen LogP contribution in [0.4, 0.5) is 0 Å². The number of halogens is 1. The highest BCUT2D eigenvalue weighted by Gasteiger charge is 2.08. The molecule has 0 saturated carbocycles. The van der Waals surface area contributed by atoms with Crippen molar-refractivity contribution in [2.45, 2.75) is 20.3 Å². The molecule has 3 nitrogen and oxygen atoms in total. The average molecular weight is 278 g/mol. The number of aryl methyl sites for hydroxylation is 1. The van der Waals surface area contributed by atoms with E-state index in [-0.39, 0.29) is 0 Å². The number of rotatable bonds is 5. The predicted molar refractivity (Wildman–Crippen MR) is 76.3 cm³/mol. The zero-order chi connectivity index (χ0) is 13.7. The van der Waals surface area contributed by atoms with E-state index in [2.05, 4.69) is 11.9 Å². The van der Waals surface area contributed by atoms with Crippen LogP contribution in [0.15, 0.2) is 36.5 Å². The van der Waals surface area contributed by atoms with Crippen LogP contribution in [0.3, 0.4) is 0 Å². The van der Waals surface area contributed by atoms with Gasteiger partial charge < -0.3 is 9.47 Å². The second-order valence-corrected chi connectivity index (χ2v) is 4.56. The molecule has 1 aromatic heterocycles. The first-order valence-electron chi connectivity index (χ1n) is 6.22. The van der Waals surface area contributed by atoms with Gasteiger partial charge in [-0.05, 0) is 25.5 Å². The Balaban J connectivity index is 2.25. The van der Waals surface area contributed by atoms with Crippen molar-refractivity contribution in [1.82, 2.24) is 4.98 Å². The van der Waals surface area contributed by atoms with Crippen molar-refractivity contribution in [3.05, 3.63) is 47.2 Å². The summed E-state index contributed by atoms with van der Waals surface area (Å²) in [6.07, 6.45) is 2.64. The molecule has 2 rings (SSSR count). The molecular weight excluding hydrogens is 262 g/mol. The van der Waals surface area contributed by atoms with Gasteiger partial charge in [0.2, 0.25) is 0 Å². The molecule has 0 spiro atoms. The van der Waals surface area contributed by atoms with Crippen LogP contribution in [0.2, 0.25) is 5.15 Å². The molecule has 0 aliphatic rings. The largest absolute Gasteiger partial charge is 0.490 e. The second-order valence-electron chi connectivity index (χ2n) is 4.17. The molecule has 0 fully saturated rings. The van der Waals surface area contributed by atoms with Crippen LogP contribution < -0.4 is 9.47 Å². The minimum absolute atomic E-state index is 0.410. The molecule has 0 N–H and O–H groups in total. The lowest BCUT2D eigenvalue weighted by atomic mass is 10.3. The Morgan fingerprint density at radius 2 is 1.89 bits per heavy atom. The van der Waals surface area contributed by atoms with E-state index in [0.29, 0.717) is 23.3 Å². The Morgan fingerprint density at radius 1 is 1.16 bits per heavy atom. The summed E-state index contributed by atoms with van der Waals surface area (Å²) in [5.41, 5.74) is 0.926. The summed E-state index contributed by atoms with van der Waals surface area (Å²) in [6, 6.07) is 9.30. The van der Waals surface area contributed by atoms with E-state index in [1.807, 2.05) is 31.2 Å². The van der Waals surface area contributed by atoms with Crippen LogP contribution >= 0.6 is 11.6 Å². The van der Waals surface area contributed by atoms with E-state index in [1.165, 1.54) is 0 Å². The first kappa shape index (κ1) is 13.7. The fraction of sp³-hybridized carbons (Fsp3) is 0.267. The highest BCUT2D eigenvalue weighted by Crippen LogP contribution is 2.33. The maximum Gasteiger partial charge on any atom is 0.169 e. The summed E-state index contributed by atoms with van der Waals surface area (Å²) < 4.78 is 11.5. The summed E-state index contributed by atoms with van der Waals surface area (Å²) in [7, 11) is 0. The minimum atomic E-state index is 0.410. The third-order valence-electron chi connectivity index (χ3n) is 2.55. The van der Waals surface area contributed by atoms with Gasteiger partial charge in [-0.1, -0.05) is 30.7 Å². The van der Waals surface area contributed by atoms with Crippen LogP contribution in [0.1, 0.15) is 18.9 Å². The highest BCUT2D eigenvalue weighted by molar-refractivity contribution is 6.29. The summed E-state index contributed by atoms with van der Waals surface area (Å²) in [6.45, 7) is 4.65. The van der Waals surface area contributed by atoms with Gasteiger partial charge in [0, 0.05) is 17.8 Å². The Bertz CT molecular complexity index is 558. The predicted octanol–water partition coefficient (Wildman–Crippen LogP) is 4.62. The van der Waals surface area contributed by atoms with Gasteiger partial charge in [-0.15, -0.1) is 0 Å². The molecule has 1 aromatic carbocycles. The molecule has 100 valence electrons. The van der Waals surface area contributed by atoms with Crippen molar-refractivity contribution in [1.29, 1.82) is 0 Å². The lowest BCUT2D eigenvalue weighted by molar-refractivity contribution is 0.302. The SMILES string of the molecule is CCCOc1ccccc1Oc1cc(Cl)ncc1C. The molecular formula is C15H16ClNO2. The summed E-state index contributed by atoms with van der Waals surface area (Å²) >= 11 is 5.88. The zero-order valence-electron chi connectivity index (χ0n) is 11.0. The molecule has 0 aliphatic carbocycles. The number of hydrogen-bond acceptors (Lipinski definition) is 3. The van der Waals surface area contributed by atoms with Gasteiger partial charge in [-0.2, -0.15) is 0 Å². The smallest absolute Gasteiger partial charge is 0.169 e. The van der Waals surface area contributed by atoms with Crippen LogP contribution in [0, 0.1) is 6.92 Å². The van der Waals surface area contributed by atoms with Gasteiger partial charge in [0.05, 0.1) is 6.61 Å². The number of aromatic nitrogens is 1. The van der Waals surface area contributed by atoms with E-state index >= 15 is 0 Å². The van der Waals surface area contributed by atoms with Crippen molar-refractivity contribution in [3.8, 4) is 17.2 Å². The zero-order valence-corrected chi connectivity index (χ0v) is 11.8. The van der Waals surface area contributed by atoms with E-state index < -0.39 is 0 Å². The molecule has 4 heteroatoms. The molecule has 0 bridgehead atoms. The molecule has 0 amide bonds. The first-order valence-corrected chi connectivity index (χ1v) is 6.60. The third-order valence-corrected chi connectivity index (χ3v) is 2.76. The van der Waals surface area contributed by atoms with E-state index in [4.69, 9.17) is 21.1 Å². The van der Waals surface area contributed by atoms with Crippen molar-refractivity contribution >= 4 is 11.6 Å². The minimum Gasteiger partial charge on any atom is -0.490 e. The van der Waals surface area contributed by atoms with Crippen molar-refractivity contribution in [2.75, 3.05) is 6.61 Å². The molecule has 0 radical (unpaired) electrons. The molecule has 19 heavy (non-hydrogen) atoms. The standard InChI is InChI=1S/C15H16ClNO2/c1-3-8-18-12-6-4-5-7-13(12)19-14-9-15(16)17-10-11(14)2/h4-7,9-10H,3,8H2,1-2H3. The van der Waals surface area contributed by atoms with Gasteiger partial charge in [-0.25, -0.2) is 4.98 Å².